The fourth-order valence-electron chi connectivity index (χ4n) is 7.08. The van der Waals surface area contributed by atoms with Crippen LogP contribution >= 0.6 is 0 Å². The molecule has 1 saturated heterocycles. The van der Waals surface area contributed by atoms with Gasteiger partial charge in [0.15, 0.2) is 0 Å². The molecule has 51 heavy (non-hydrogen) atoms. The number of hydrogen-bond donors (Lipinski definition) is 2. The number of carbonyl (C=O) groups is 5. The van der Waals surface area contributed by atoms with Crippen LogP contribution in [0.15, 0.2) is 42.5 Å². The highest BCUT2D eigenvalue weighted by Gasteiger charge is 2.58. The van der Waals surface area contributed by atoms with Gasteiger partial charge in [0.25, 0.3) is 5.91 Å². The lowest BCUT2D eigenvalue weighted by molar-refractivity contribution is -0.187. The molecular weight excluding hydrogens is 672 g/mol. The van der Waals surface area contributed by atoms with Crippen molar-refractivity contribution in [2.24, 2.45) is 5.92 Å². The van der Waals surface area contributed by atoms with Gasteiger partial charge < -0.3 is 20.3 Å². The maximum absolute atomic E-state index is 13.7. The molecule has 3 aliphatic rings. The summed E-state index contributed by atoms with van der Waals surface area (Å²) in [6, 6.07) is 7.47. The van der Waals surface area contributed by atoms with Crippen LogP contribution in [0, 0.1) is 11.7 Å². The number of fused-ring (bicyclic) bond motifs is 2. The number of carbonyl (C=O) groups excluding carboxylic acids is 5. The highest BCUT2D eigenvalue weighted by atomic mass is 19.4. The van der Waals surface area contributed by atoms with E-state index >= 15 is 0 Å². The van der Waals surface area contributed by atoms with Gasteiger partial charge in [-0.2, -0.15) is 13.2 Å². The van der Waals surface area contributed by atoms with Crippen molar-refractivity contribution in [3.63, 3.8) is 0 Å². The standard InChI is InChI=1S/C37H44F4N4O6/c1-24(37(39,40)41)44(22-25-10-12-28(38)13-11-25)33(48)23-45-34(49)36(51-35(45)50)18-16-27-21-29(14-15-30(27)36)42-20-17-32(47)43-19-6-2-3-9-31(46)26-7-4-5-8-26/h10-15,21,24,26,42H,2-9,16-20,22-23H2,1H3,(H,43,47)/t24-,36+/m0/s1. The number of ketones is 1. The number of halogens is 4. The SMILES string of the molecule is C[C@H](N(Cc1ccc(F)cc1)C(=O)CN1C(=O)O[C@@]2(CCc3cc(NCCC(=O)NCCCCCC(=O)C4CCCC4)ccc32)C1=O)C(F)(F)F. The van der Waals surface area contributed by atoms with E-state index in [4.69, 9.17) is 4.74 Å². The van der Waals surface area contributed by atoms with E-state index in [1.165, 1.54) is 12.1 Å². The van der Waals surface area contributed by atoms with Crippen molar-refractivity contribution in [2.75, 3.05) is 25.0 Å². The Hall–Kier alpha value is -4.49. The van der Waals surface area contributed by atoms with Crippen LogP contribution in [0.2, 0.25) is 0 Å². The number of benzene rings is 2. The number of unbranched alkanes of at least 4 members (excludes halogenated alkanes) is 2. The van der Waals surface area contributed by atoms with E-state index in [1.54, 1.807) is 18.2 Å². The van der Waals surface area contributed by atoms with Gasteiger partial charge >= 0.3 is 12.3 Å². The molecule has 276 valence electrons. The molecule has 10 nitrogen and oxygen atoms in total. The van der Waals surface area contributed by atoms with Crippen molar-refractivity contribution < 1.29 is 46.3 Å². The molecule has 0 aromatic heterocycles. The van der Waals surface area contributed by atoms with E-state index in [1.807, 2.05) is 0 Å². The van der Waals surface area contributed by atoms with Gasteiger partial charge in [0.05, 0.1) is 0 Å². The van der Waals surface area contributed by atoms with Gasteiger partial charge in [-0.15, -0.1) is 0 Å². The molecule has 1 saturated carbocycles. The lowest BCUT2D eigenvalue weighted by Crippen LogP contribution is -2.51. The summed E-state index contributed by atoms with van der Waals surface area (Å²) in [7, 11) is 0. The maximum Gasteiger partial charge on any atom is 0.418 e. The molecule has 2 aromatic carbocycles. The fraction of sp³-hybridized carbons (Fsp3) is 0.541. The fourth-order valence-corrected chi connectivity index (χ4v) is 7.08. The van der Waals surface area contributed by atoms with E-state index < -0.39 is 54.6 Å². The van der Waals surface area contributed by atoms with Crippen LogP contribution in [0.3, 0.4) is 0 Å². The third kappa shape index (κ3) is 9.06. The molecule has 2 aliphatic carbocycles. The predicted octanol–water partition coefficient (Wildman–Crippen LogP) is 6.16. The van der Waals surface area contributed by atoms with Crippen LogP contribution in [0.5, 0.6) is 0 Å². The molecule has 14 heteroatoms. The van der Waals surface area contributed by atoms with Crippen molar-refractivity contribution >= 4 is 35.3 Å². The Bertz CT molecular complexity index is 1610. The number of nitrogens with one attached hydrogen (secondary N) is 2. The first-order valence-corrected chi connectivity index (χ1v) is 17.6. The smallest absolute Gasteiger partial charge is 0.418 e. The molecule has 0 radical (unpaired) electrons. The topological polar surface area (TPSA) is 125 Å². The number of imide groups is 1. The van der Waals surface area contributed by atoms with E-state index in [2.05, 4.69) is 10.6 Å². The molecule has 2 atom stereocenters. The Morgan fingerprint density at radius 3 is 2.43 bits per heavy atom. The minimum atomic E-state index is -4.80. The molecule has 1 heterocycles. The first kappa shape index (κ1) is 37.8. The summed E-state index contributed by atoms with van der Waals surface area (Å²) in [5, 5.41) is 6.08. The third-order valence-electron chi connectivity index (χ3n) is 10.1. The van der Waals surface area contributed by atoms with Gasteiger partial charge in [-0.1, -0.05) is 37.5 Å². The minimum absolute atomic E-state index is 0.0937. The Morgan fingerprint density at radius 1 is 1.00 bits per heavy atom. The second kappa shape index (κ2) is 16.2. The largest absolute Gasteiger partial charge is 0.427 e. The van der Waals surface area contributed by atoms with Crippen molar-refractivity contribution in [1.29, 1.82) is 0 Å². The number of nitrogens with zero attached hydrogens (tertiary/aromatic N) is 2. The Morgan fingerprint density at radius 2 is 1.73 bits per heavy atom. The zero-order valence-electron chi connectivity index (χ0n) is 28.7. The van der Waals surface area contributed by atoms with Gasteiger partial charge in [0, 0.05) is 56.1 Å². The highest BCUT2D eigenvalue weighted by Crippen LogP contribution is 2.46. The first-order valence-electron chi connectivity index (χ1n) is 17.6. The van der Waals surface area contributed by atoms with Gasteiger partial charge in [0.2, 0.25) is 17.4 Å². The maximum atomic E-state index is 13.7. The van der Waals surface area contributed by atoms with Gasteiger partial charge in [-0.05, 0) is 74.4 Å². The minimum Gasteiger partial charge on any atom is -0.427 e. The van der Waals surface area contributed by atoms with Crippen LogP contribution in [-0.4, -0.2) is 71.3 Å². The second-order valence-electron chi connectivity index (χ2n) is 13.6. The lowest BCUT2D eigenvalue weighted by atomic mass is 9.94. The molecule has 5 rings (SSSR count). The predicted molar refractivity (Wildman–Crippen MR) is 179 cm³/mol. The number of alkyl halides is 3. The van der Waals surface area contributed by atoms with E-state index in [0.717, 1.165) is 64.0 Å². The highest BCUT2D eigenvalue weighted by molar-refractivity contribution is 6.06. The summed E-state index contributed by atoms with van der Waals surface area (Å²) >= 11 is 0. The normalized spacial score (nSPS) is 19.3. The average Bonchev–Trinajstić information content (AvgIpc) is 3.81. The number of Topliss-reactive ketones (excluding diaryl/α,β-unsaturated/α-hetero) is 1. The molecular formula is C37H44F4N4O6. The third-order valence-corrected chi connectivity index (χ3v) is 10.1. The summed E-state index contributed by atoms with van der Waals surface area (Å²) in [5.41, 5.74) is 0.362. The molecule has 2 N–H and O–H groups in total. The van der Waals surface area contributed by atoms with Crippen LogP contribution < -0.4 is 10.6 Å². The molecule has 0 bridgehead atoms. The van der Waals surface area contributed by atoms with Crippen LogP contribution in [0.25, 0.3) is 0 Å². The zero-order valence-corrected chi connectivity index (χ0v) is 28.7. The van der Waals surface area contributed by atoms with E-state index in [0.29, 0.717) is 58.3 Å². The van der Waals surface area contributed by atoms with E-state index in [9.17, 15) is 41.5 Å². The number of rotatable bonds is 16. The van der Waals surface area contributed by atoms with Gasteiger partial charge in [0.1, 0.15) is 24.2 Å². The lowest BCUT2D eigenvalue weighted by Gasteiger charge is -2.31. The molecule has 4 amide bonds. The van der Waals surface area contributed by atoms with E-state index in [-0.39, 0.29) is 30.2 Å². The van der Waals surface area contributed by atoms with Gasteiger partial charge in [-0.3, -0.25) is 19.2 Å². The number of amides is 4. The summed E-state index contributed by atoms with van der Waals surface area (Å²) in [4.78, 5) is 65.4. The molecule has 0 unspecified atom stereocenters. The molecule has 2 fully saturated rings. The van der Waals surface area contributed by atoms with Crippen LogP contribution in [0.4, 0.5) is 28.0 Å². The summed E-state index contributed by atoms with van der Waals surface area (Å²) < 4.78 is 60.1. The van der Waals surface area contributed by atoms with Crippen LogP contribution in [-0.2, 0) is 42.5 Å². The number of ether oxygens (including phenoxy) is 1. The van der Waals surface area contributed by atoms with Gasteiger partial charge in [-0.25, -0.2) is 14.1 Å². The Balaban J connectivity index is 1.11. The van der Waals surface area contributed by atoms with Crippen molar-refractivity contribution in [1.82, 2.24) is 15.1 Å². The monoisotopic (exact) mass is 716 g/mol. The Labute approximate surface area is 294 Å². The zero-order chi connectivity index (χ0) is 36.8. The average molecular weight is 717 g/mol. The summed E-state index contributed by atoms with van der Waals surface area (Å²) in [5.74, 6) is -2.04. The number of hydrogen-bond acceptors (Lipinski definition) is 7. The summed E-state index contributed by atoms with van der Waals surface area (Å²) in [6.45, 7) is 0.202. The molecule has 1 aliphatic heterocycles. The Kier molecular flexibility index (Phi) is 12.0. The second-order valence-corrected chi connectivity index (χ2v) is 13.6. The quantitative estimate of drug-likeness (QED) is 0.158. The molecule has 2 aromatic rings. The number of aryl methyl sites for hydroxylation is 1. The first-order chi connectivity index (χ1) is 24.3. The van der Waals surface area contributed by atoms with Crippen molar-refractivity contribution in [2.45, 2.75) is 102 Å². The van der Waals surface area contributed by atoms with Crippen molar-refractivity contribution in [3.05, 3.63) is 65.0 Å². The molecule has 1 spiro atoms. The van der Waals surface area contributed by atoms with Crippen LogP contribution in [0.1, 0.15) is 87.8 Å². The van der Waals surface area contributed by atoms with Crippen molar-refractivity contribution in [3.8, 4) is 0 Å². The number of anilines is 1. The summed E-state index contributed by atoms with van der Waals surface area (Å²) in [6.07, 6.45) is 2.23.